The molecule has 0 spiro atoms. The number of rotatable bonds is 6. The molecule has 1 aromatic carbocycles. The second-order valence-corrected chi connectivity index (χ2v) is 4.95. The van der Waals surface area contributed by atoms with E-state index >= 15 is 0 Å². The summed E-state index contributed by atoms with van der Waals surface area (Å²) in [5, 5.41) is 4.50. The summed E-state index contributed by atoms with van der Waals surface area (Å²) in [7, 11) is 0. The Kier molecular flexibility index (Phi) is 4.68. The van der Waals surface area contributed by atoms with Gasteiger partial charge in [0.15, 0.2) is 0 Å². The first-order valence-electron chi connectivity index (χ1n) is 6.88. The van der Waals surface area contributed by atoms with Crippen LogP contribution in [0.4, 0.5) is 5.82 Å². The minimum absolute atomic E-state index is 0.773. The largest absolute Gasteiger partial charge is 0.369 e. The van der Waals surface area contributed by atoms with Crippen molar-refractivity contribution in [1.29, 1.82) is 0 Å². The predicted molar refractivity (Wildman–Crippen MR) is 80.4 cm³/mol. The van der Waals surface area contributed by atoms with Crippen LogP contribution in [0.1, 0.15) is 30.4 Å². The van der Waals surface area contributed by atoms with Crippen molar-refractivity contribution in [2.45, 2.75) is 33.1 Å². The molecule has 0 radical (unpaired) electrons. The highest BCUT2D eigenvalue weighted by Gasteiger charge is 2.05. The van der Waals surface area contributed by atoms with Gasteiger partial charge in [-0.1, -0.05) is 6.42 Å². The molecule has 0 atom stereocenters. The van der Waals surface area contributed by atoms with Gasteiger partial charge < -0.3 is 11.1 Å². The molecule has 0 aliphatic heterocycles. The number of nitrogens with two attached hydrogens (primary N) is 1. The number of nitrogens with zero attached hydrogens (tertiary/aromatic N) is 2. The van der Waals surface area contributed by atoms with E-state index in [1.807, 2.05) is 0 Å². The summed E-state index contributed by atoms with van der Waals surface area (Å²) >= 11 is 0. The Hall–Kier alpha value is -1.68. The van der Waals surface area contributed by atoms with Crippen LogP contribution in [0.2, 0.25) is 0 Å². The molecule has 0 saturated heterocycles. The SMILES string of the molecule is Cc1cc2ncnc(NCCCCCN)c2cc1C. The number of unbranched alkanes of at least 4 members (excludes halogenated alkanes) is 2. The molecular weight excluding hydrogens is 236 g/mol. The van der Waals surface area contributed by atoms with Crippen LogP contribution in [-0.2, 0) is 0 Å². The van der Waals surface area contributed by atoms with Gasteiger partial charge >= 0.3 is 0 Å². The molecule has 0 unspecified atom stereocenters. The molecule has 0 fully saturated rings. The molecule has 4 nitrogen and oxygen atoms in total. The van der Waals surface area contributed by atoms with Crippen LogP contribution < -0.4 is 11.1 Å². The third-order valence-corrected chi connectivity index (χ3v) is 3.42. The average molecular weight is 258 g/mol. The van der Waals surface area contributed by atoms with Gasteiger partial charge in [0.2, 0.25) is 0 Å². The van der Waals surface area contributed by atoms with Gasteiger partial charge in [-0.05, 0) is 56.5 Å². The highest BCUT2D eigenvalue weighted by atomic mass is 15.0. The summed E-state index contributed by atoms with van der Waals surface area (Å²) in [6.45, 7) is 5.93. The van der Waals surface area contributed by atoms with E-state index in [0.29, 0.717) is 0 Å². The minimum Gasteiger partial charge on any atom is -0.369 e. The summed E-state index contributed by atoms with van der Waals surface area (Å²) in [5.74, 6) is 0.931. The summed E-state index contributed by atoms with van der Waals surface area (Å²) in [5.41, 5.74) is 9.02. The van der Waals surface area contributed by atoms with E-state index in [9.17, 15) is 0 Å². The van der Waals surface area contributed by atoms with Gasteiger partial charge in [-0.15, -0.1) is 0 Å². The second kappa shape index (κ2) is 6.48. The number of hydrogen-bond acceptors (Lipinski definition) is 4. The van der Waals surface area contributed by atoms with Gasteiger partial charge in [-0.3, -0.25) is 0 Å². The Labute approximate surface area is 114 Å². The number of fused-ring (bicyclic) bond motifs is 1. The molecule has 19 heavy (non-hydrogen) atoms. The maximum Gasteiger partial charge on any atom is 0.137 e. The summed E-state index contributed by atoms with van der Waals surface area (Å²) in [6.07, 6.45) is 4.99. The van der Waals surface area contributed by atoms with Gasteiger partial charge in [0.05, 0.1) is 5.52 Å². The van der Waals surface area contributed by atoms with Crippen molar-refractivity contribution in [1.82, 2.24) is 9.97 Å². The highest BCUT2D eigenvalue weighted by molar-refractivity contribution is 5.89. The number of aromatic nitrogens is 2. The first-order valence-corrected chi connectivity index (χ1v) is 6.88. The lowest BCUT2D eigenvalue weighted by Gasteiger charge is -2.10. The second-order valence-electron chi connectivity index (χ2n) is 4.95. The number of benzene rings is 1. The van der Waals surface area contributed by atoms with Gasteiger partial charge in [-0.2, -0.15) is 0 Å². The normalized spacial score (nSPS) is 10.9. The van der Waals surface area contributed by atoms with Crippen LogP contribution in [0.5, 0.6) is 0 Å². The molecule has 0 aliphatic carbocycles. The maximum atomic E-state index is 5.49. The fraction of sp³-hybridized carbons (Fsp3) is 0.467. The third kappa shape index (κ3) is 3.41. The van der Waals surface area contributed by atoms with Gasteiger partial charge in [-0.25, -0.2) is 9.97 Å². The van der Waals surface area contributed by atoms with E-state index in [-0.39, 0.29) is 0 Å². The van der Waals surface area contributed by atoms with Gasteiger partial charge in [0.1, 0.15) is 12.1 Å². The van der Waals surface area contributed by atoms with Crippen LogP contribution in [0.25, 0.3) is 10.9 Å². The molecular formula is C15H22N4. The Morgan fingerprint density at radius 1 is 1.05 bits per heavy atom. The Morgan fingerprint density at radius 2 is 1.84 bits per heavy atom. The minimum atomic E-state index is 0.773. The van der Waals surface area contributed by atoms with Crippen molar-refractivity contribution in [2.75, 3.05) is 18.4 Å². The van der Waals surface area contributed by atoms with Gasteiger partial charge in [0, 0.05) is 11.9 Å². The van der Waals surface area contributed by atoms with E-state index in [1.54, 1.807) is 6.33 Å². The first kappa shape index (κ1) is 13.7. The number of anilines is 1. The van der Waals surface area contributed by atoms with Crippen molar-refractivity contribution in [3.05, 3.63) is 29.6 Å². The van der Waals surface area contributed by atoms with E-state index < -0.39 is 0 Å². The summed E-state index contributed by atoms with van der Waals surface area (Å²) in [6, 6.07) is 4.28. The molecule has 3 N–H and O–H groups in total. The molecule has 0 amide bonds. The zero-order valence-electron chi connectivity index (χ0n) is 11.7. The van der Waals surface area contributed by atoms with Crippen LogP contribution in [0, 0.1) is 13.8 Å². The third-order valence-electron chi connectivity index (χ3n) is 3.42. The number of hydrogen-bond donors (Lipinski definition) is 2. The van der Waals surface area contributed by atoms with Crippen molar-refractivity contribution in [2.24, 2.45) is 5.73 Å². The van der Waals surface area contributed by atoms with Crippen LogP contribution in [0.3, 0.4) is 0 Å². The van der Waals surface area contributed by atoms with E-state index in [2.05, 4.69) is 41.3 Å². The average Bonchev–Trinajstić information content (AvgIpc) is 2.40. The summed E-state index contributed by atoms with van der Waals surface area (Å²) < 4.78 is 0. The lowest BCUT2D eigenvalue weighted by atomic mass is 10.1. The van der Waals surface area contributed by atoms with Crippen LogP contribution in [-0.4, -0.2) is 23.1 Å². The Balaban J connectivity index is 2.12. The molecule has 0 aliphatic rings. The fourth-order valence-corrected chi connectivity index (χ4v) is 2.11. The Bertz CT molecular complexity index is 551. The highest BCUT2D eigenvalue weighted by Crippen LogP contribution is 2.22. The van der Waals surface area contributed by atoms with E-state index in [0.717, 1.165) is 49.1 Å². The zero-order chi connectivity index (χ0) is 13.7. The standard InChI is InChI=1S/C15H22N4/c1-11-8-13-14(9-12(11)2)18-10-19-15(13)17-7-5-3-4-6-16/h8-10H,3-7,16H2,1-2H3,(H,17,18,19). The topological polar surface area (TPSA) is 63.8 Å². The Morgan fingerprint density at radius 3 is 2.63 bits per heavy atom. The van der Waals surface area contributed by atoms with Crippen LogP contribution >= 0.6 is 0 Å². The van der Waals surface area contributed by atoms with E-state index in [4.69, 9.17) is 5.73 Å². The first-order chi connectivity index (χ1) is 9.22. The van der Waals surface area contributed by atoms with Gasteiger partial charge in [0.25, 0.3) is 0 Å². The molecule has 1 aromatic heterocycles. The molecule has 0 saturated carbocycles. The maximum absolute atomic E-state index is 5.49. The molecule has 102 valence electrons. The van der Waals surface area contributed by atoms with Crippen molar-refractivity contribution in [3.8, 4) is 0 Å². The van der Waals surface area contributed by atoms with Crippen molar-refractivity contribution < 1.29 is 0 Å². The summed E-state index contributed by atoms with van der Waals surface area (Å²) in [4.78, 5) is 8.68. The zero-order valence-corrected chi connectivity index (χ0v) is 11.7. The van der Waals surface area contributed by atoms with Crippen molar-refractivity contribution in [3.63, 3.8) is 0 Å². The van der Waals surface area contributed by atoms with Crippen molar-refractivity contribution >= 4 is 16.7 Å². The fourth-order valence-electron chi connectivity index (χ4n) is 2.11. The van der Waals surface area contributed by atoms with E-state index in [1.165, 1.54) is 11.1 Å². The predicted octanol–water partition coefficient (Wildman–Crippen LogP) is 2.79. The lowest BCUT2D eigenvalue weighted by molar-refractivity contribution is 0.706. The van der Waals surface area contributed by atoms with Crippen LogP contribution in [0.15, 0.2) is 18.5 Å². The molecule has 0 bridgehead atoms. The number of aryl methyl sites for hydroxylation is 2. The molecule has 2 rings (SSSR count). The number of nitrogens with one attached hydrogen (secondary N) is 1. The smallest absolute Gasteiger partial charge is 0.137 e. The molecule has 4 heteroatoms. The monoisotopic (exact) mass is 258 g/mol. The molecule has 2 aromatic rings. The quantitative estimate of drug-likeness (QED) is 0.782. The molecule has 1 heterocycles. The lowest BCUT2D eigenvalue weighted by Crippen LogP contribution is -2.06.